The fraction of sp³-hybridized carbons (Fsp3) is 0.375. The van der Waals surface area contributed by atoms with Crippen LogP contribution in [0.3, 0.4) is 0 Å². The Morgan fingerprint density at radius 2 is 2.56 bits per heavy atom. The highest BCUT2D eigenvalue weighted by Crippen LogP contribution is 2.02. The summed E-state index contributed by atoms with van der Waals surface area (Å²) in [7, 11) is 0. The molecular weight excluding hydrogens is 110 g/mol. The second kappa shape index (κ2) is 2.62. The van der Waals surface area contributed by atoms with Crippen molar-refractivity contribution in [2.45, 2.75) is 13.3 Å². The maximum Gasteiger partial charge on any atom is 0.0594 e. The average Bonchev–Trinajstić information content (AvgIpc) is 1.90. The van der Waals surface area contributed by atoms with E-state index in [1.165, 1.54) is 0 Å². The summed E-state index contributed by atoms with van der Waals surface area (Å²) in [6.07, 6.45) is 5.25. The van der Waals surface area contributed by atoms with Crippen LogP contribution in [-0.2, 0) is 0 Å². The van der Waals surface area contributed by atoms with Gasteiger partial charge < -0.3 is 0 Å². The van der Waals surface area contributed by atoms with Crippen LogP contribution in [0.15, 0.2) is 29.3 Å². The van der Waals surface area contributed by atoms with Crippen LogP contribution in [0.1, 0.15) is 13.3 Å². The Hall–Kier alpha value is -0.850. The van der Waals surface area contributed by atoms with Crippen LogP contribution in [0, 0.1) is 0 Å². The fourth-order valence-electron chi connectivity index (χ4n) is 0.784. The maximum absolute atomic E-state index is 4.26. The monoisotopic (exact) mass is 121 g/mol. The summed E-state index contributed by atoms with van der Waals surface area (Å²) in [6, 6.07) is 0. The van der Waals surface area contributed by atoms with Gasteiger partial charge in [-0.25, -0.2) is 0 Å². The summed E-state index contributed by atoms with van der Waals surface area (Å²) in [5.41, 5.74) is 2.12. The third-order valence-electron chi connectivity index (χ3n) is 1.29. The van der Waals surface area contributed by atoms with E-state index in [4.69, 9.17) is 0 Å². The van der Waals surface area contributed by atoms with E-state index in [1.54, 1.807) is 0 Å². The predicted octanol–water partition coefficient (Wildman–Crippen LogP) is 1.96. The van der Waals surface area contributed by atoms with Crippen LogP contribution in [0.5, 0.6) is 0 Å². The highest BCUT2D eigenvalue weighted by molar-refractivity contribution is 6.07. The Labute approximate surface area is 55.8 Å². The Kier molecular flexibility index (Phi) is 1.83. The van der Waals surface area contributed by atoms with Gasteiger partial charge in [0, 0.05) is 6.54 Å². The van der Waals surface area contributed by atoms with Crippen LogP contribution in [0.2, 0.25) is 0 Å². The third-order valence-corrected chi connectivity index (χ3v) is 1.29. The first-order chi connectivity index (χ1) is 4.30. The summed E-state index contributed by atoms with van der Waals surface area (Å²) < 4.78 is 0. The van der Waals surface area contributed by atoms with E-state index in [0.29, 0.717) is 0 Å². The minimum atomic E-state index is 0.929. The molecule has 0 aromatic heterocycles. The van der Waals surface area contributed by atoms with Crippen molar-refractivity contribution in [1.82, 2.24) is 0 Å². The summed E-state index contributed by atoms with van der Waals surface area (Å²) >= 11 is 0. The van der Waals surface area contributed by atoms with Gasteiger partial charge in [-0.05, 0) is 25.0 Å². The Morgan fingerprint density at radius 1 is 1.78 bits per heavy atom. The maximum atomic E-state index is 4.26. The Bertz CT molecular complexity index is 175. The van der Waals surface area contributed by atoms with Gasteiger partial charge in [0.05, 0.1) is 5.71 Å². The van der Waals surface area contributed by atoms with Gasteiger partial charge in [0.2, 0.25) is 0 Å². The molecule has 0 N–H and O–H groups in total. The first-order valence-electron chi connectivity index (χ1n) is 3.17. The van der Waals surface area contributed by atoms with Crippen molar-refractivity contribution in [3.05, 3.63) is 24.3 Å². The molecule has 1 rings (SSSR count). The molecule has 0 saturated heterocycles. The van der Waals surface area contributed by atoms with E-state index in [2.05, 4.69) is 17.6 Å². The third kappa shape index (κ3) is 1.53. The molecule has 1 nitrogen and oxygen atoms in total. The lowest BCUT2D eigenvalue weighted by atomic mass is 10.1. The molecular formula is C8H11N. The van der Waals surface area contributed by atoms with Gasteiger partial charge in [0.1, 0.15) is 0 Å². The molecule has 1 aliphatic rings. The number of hydrogen-bond acceptors (Lipinski definition) is 1. The van der Waals surface area contributed by atoms with Gasteiger partial charge in [0.25, 0.3) is 0 Å². The van der Waals surface area contributed by atoms with Crippen molar-refractivity contribution in [3.8, 4) is 0 Å². The predicted molar refractivity (Wildman–Crippen MR) is 40.9 cm³/mol. The van der Waals surface area contributed by atoms with E-state index in [1.807, 2.05) is 13.0 Å². The molecule has 0 unspecified atom stereocenters. The summed E-state index contributed by atoms with van der Waals surface area (Å²) in [5.74, 6) is 0. The van der Waals surface area contributed by atoms with Crippen molar-refractivity contribution in [2.75, 3.05) is 6.54 Å². The molecule has 0 spiro atoms. The molecule has 9 heavy (non-hydrogen) atoms. The zero-order valence-electron chi connectivity index (χ0n) is 5.72. The first-order valence-corrected chi connectivity index (χ1v) is 3.17. The smallest absolute Gasteiger partial charge is 0.0594 e. The molecule has 0 aliphatic carbocycles. The number of rotatable bonds is 1. The minimum absolute atomic E-state index is 0.929. The number of aliphatic imine (C=N–C) groups is 1. The molecule has 1 aliphatic heterocycles. The van der Waals surface area contributed by atoms with Gasteiger partial charge >= 0.3 is 0 Å². The lowest BCUT2D eigenvalue weighted by Gasteiger charge is -2.03. The molecule has 0 aromatic carbocycles. The number of allylic oxidation sites excluding steroid dienone is 2. The van der Waals surface area contributed by atoms with Crippen LogP contribution in [0.25, 0.3) is 0 Å². The van der Waals surface area contributed by atoms with Gasteiger partial charge in [-0.15, -0.1) is 0 Å². The van der Waals surface area contributed by atoms with Crippen molar-refractivity contribution < 1.29 is 0 Å². The van der Waals surface area contributed by atoms with Crippen molar-refractivity contribution >= 4 is 5.71 Å². The molecule has 0 bridgehead atoms. The first kappa shape index (κ1) is 6.27. The lowest BCUT2D eigenvalue weighted by Crippen LogP contribution is -1.99. The average molecular weight is 121 g/mol. The molecule has 1 heterocycles. The van der Waals surface area contributed by atoms with Crippen LogP contribution < -0.4 is 0 Å². The fourth-order valence-corrected chi connectivity index (χ4v) is 0.784. The SMILES string of the molecule is C=C(C)C1=NCCC=C1. The second-order valence-electron chi connectivity index (χ2n) is 2.24. The molecule has 0 atom stereocenters. The van der Waals surface area contributed by atoms with Gasteiger partial charge in [-0.1, -0.05) is 12.7 Å². The van der Waals surface area contributed by atoms with E-state index < -0.39 is 0 Å². The van der Waals surface area contributed by atoms with E-state index in [0.717, 1.165) is 24.3 Å². The van der Waals surface area contributed by atoms with Crippen LogP contribution >= 0.6 is 0 Å². The highest BCUT2D eigenvalue weighted by Gasteiger charge is 1.96. The molecule has 0 saturated carbocycles. The van der Waals surface area contributed by atoms with Crippen molar-refractivity contribution in [1.29, 1.82) is 0 Å². The summed E-state index contributed by atoms with van der Waals surface area (Å²) in [4.78, 5) is 4.26. The topological polar surface area (TPSA) is 12.4 Å². The second-order valence-corrected chi connectivity index (χ2v) is 2.24. The van der Waals surface area contributed by atoms with E-state index in [9.17, 15) is 0 Å². The molecule has 48 valence electrons. The zero-order valence-corrected chi connectivity index (χ0v) is 5.72. The van der Waals surface area contributed by atoms with Crippen molar-refractivity contribution in [2.24, 2.45) is 4.99 Å². The molecule has 0 amide bonds. The van der Waals surface area contributed by atoms with E-state index >= 15 is 0 Å². The van der Waals surface area contributed by atoms with Crippen molar-refractivity contribution in [3.63, 3.8) is 0 Å². The standard InChI is InChI=1S/C8H11N/c1-7(2)8-5-3-4-6-9-8/h3,5H,1,4,6H2,2H3. The quantitative estimate of drug-likeness (QED) is 0.503. The van der Waals surface area contributed by atoms with Gasteiger partial charge in [-0.3, -0.25) is 4.99 Å². The number of hydrogen-bond donors (Lipinski definition) is 0. The molecule has 0 radical (unpaired) electrons. The Morgan fingerprint density at radius 3 is 2.89 bits per heavy atom. The van der Waals surface area contributed by atoms with E-state index in [-0.39, 0.29) is 0 Å². The molecule has 0 fully saturated rings. The lowest BCUT2D eigenvalue weighted by molar-refractivity contribution is 0.993. The summed E-state index contributed by atoms with van der Waals surface area (Å²) in [6.45, 7) is 6.71. The molecule has 1 heteroatoms. The number of dihydropyridines is 1. The number of nitrogens with zero attached hydrogens (tertiary/aromatic N) is 1. The highest BCUT2D eigenvalue weighted by atomic mass is 14.7. The zero-order chi connectivity index (χ0) is 6.69. The molecule has 0 aromatic rings. The Balaban J connectivity index is 2.69. The summed E-state index contributed by atoms with van der Waals surface area (Å²) in [5, 5.41) is 0. The van der Waals surface area contributed by atoms with Crippen LogP contribution in [0.4, 0.5) is 0 Å². The normalized spacial score (nSPS) is 17.2. The minimum Gasteiger partial charge on any atom is -0.285 e. The van der Waals surface area contributed by atoms with Gasteiger partial charge in [0.15, 0.2) is 0 Å². The largest absolute Gasteiger partial charge is 0.285 e. The van der Waals surface area contributed by atoms with Crippen LogP contribution in [-0.4, -0.2) is 12.3 Å². The van der Waals surface area contributed by atoms with Gasteiger partial charge in [-0.2, -0.15) is 0 Å².